The number of nitrogens with zero attached hydrogens (tertiary/aromatic N) is 4. The van der Waals surface area contributed by atoms with E-state index in [0.717, 1.165) is 55.9 Å². The zero-order valence-electron chi connectivity index (χ0n) is 18.1. The van der Waals surface area contributed by atoms with Crippen molar-refractivity contribution in [1.82, 2.24) is 19.4 Å². The van der Waals surface area contributed by atoms with Gasteiger partial charge in [-0.2, -0.15) is 0 Å². The number of imidazole rings is 1. The van der Waals surface area contributed by atoms with Crippen molar-refractivity contribution in [3.05, 3.63) is 59.7 Å². The van der Waals surface area contributed by atoms with Crippen LogP contribution in [-0.4, -0.2) is 65.0 Å². The first-order chi connectivity index (χ1) is 14.5. The molecule has 0 saturated carbocycles. The topological polar surface area (TPSA) is 53.4 Å². The van der Waals surface area contributed by atoms with E-state index in [1.165, 1.54) is 5.56 Å². The highest BCUT2D eigenvalue weighted by atomic mass is 16.2. The van der Waals surface area contributed by atoms with Crippen molar-refractivity contribution in [2.75, 3.05) is 39.0 Å². The third kappa shape index (κ3) is 4.33. The number of rotatable bonds is 6. The maximum Gasteiger partial charge on any atom is 0.253 e. The highest BCUT2D eigenvalue weighted by Gasteiger charge is 2.25. The molecule has 1 N–H and O–H groups in total. The van der Waals surface area contributed by atoms with E-state index >= 15 is 0 Å². The number of aromatic nitrogens is 2. The first kappa shape index (κ1) is 20.4. The van der Waals surface area contributed by atoms with Crippen molar-refractivity contribution in [1.29, 1.82) is 0 Å². The number of likely N-dealkylation sites (tertiary alicyclic amines) is 1. The minimum atomic E-state index is 0.0793. The Morgan fingerprint density at radius 3 is 2.60 bits per heavy atom. The van der Waals surface area contributed by atoms with Crippen LogP contribution in [0.4, 0.5) is 5.95 Å². The molecule has 1 aliphatic rings. The number of carbonyl (C=O) groups excluding carboxylic acids is 1. The molecule has 1 aliphatic heterocycles. The fraction of sp³-hybridized carbons (Fsp3) is 0.417. The first-order valence-corrected chi connectivity index (χ1v) is 10.7. The molecule has 0 spiro atoms. The number of benzene rings is 2. The van der Waals surface area contributed by atoms with E-state index in [0.29, 0.717) is 11.6 Å². The molecule has 6 heteroatoms. The van der Waals surface area contributed by atoms with Crippen LogP contribution in [0.3, 0.4) is 0 Å². The smallest absolute Gasteiger partial charge is 0.253 e. The predicted molar refractivity (Wildman–Crippen MR) is 122 cm³/mol. The van der Waals surface area contributed by atoms with Gasteiger partial charge in [0.15, 0.2) is 0 Å². The number of anilines is 1. The van der Waals surface area contributed by atoms with Gasteiger partial charge in [0.25, 0.3) is 5.91 Å². The van der Waals surface area contributed by atoms with Gasteiger partial charge in [-0.05, 0) is 63.2 Å². The lowest BCUT2D eigenvalue weighted by atomic mass is 10.0. The quantitative estimate of drug-likeness (QED) is 0.683. The standard InChI is InChI=1S/C24H31N5O/c1-27-15-12-20(13-16-27)28(2)23(30)19-9-10-22-21(17-19)26-24(29(22)3)25-14-11-18-7-5-4-6-8-18/h4-10,17,20H,11-16H2,1-3H3,(H,25,26). The molecule has 2 heterocycles. The third-order valence-corrected chi connectivity index (χ3v) is 6.22. The molecule has 0 unspecified atom stereocenters. The van der Waals surface area contributed by atoms with Gasteiger partial charge >= 0.3 is 0 Å². The average molecular weight is 406 g/mol. The molecular formula is C24H31N5O. The van der Waals surface area contributed by atoms with Gasteiger partial charge in [0.05, 0.1) is 11.0 Å². The number of piperidine rings is 1. The van der Waals surface area contributed by atoms with E-state index in [1.807, 2.05) is 43.3 Å². The largest absolute Gasteiger partial charge is 0.355 e. The Morgan fingerprint density at radius 2 is 1.87 bits per heavy atom. The van der Waals surface area contributed by atoms with Crippen molar-refractivity contribution in [2.24, 2.45) is 7.05 Å². The Labute approximate surface area is 178 Å². The van der Waals surface area contributed by atoms with Crippen LogP contribution in [0.2, 0.25) is 0 Å². The van der Waals surface area contributed by atoms with E-state index in [4.69, 9.17) is 4.98 Å². The lowest BCUT2D eigenvalue weighted by Crippen LogP contribution is -2.44. The van der Waals surface area contributed by atoms with Crippen molar-refractivity contribution in [3.8, 4) is 0 Å². The number of fused-ring (bicyclic) bond motifs is 1. The van der Waals surface area contributed by atoms with Crippen LogP contribution in [0.25, 0.3) is 11.0 Å². The summed E-state index contributed by atoms with van der Waals surface area (Å²) in [7, 11) is 6.07. The van der Waals surface area contributed by atoms with Gasteiger partial charge in [0.2, 0.25) is 5.95 Å². The SMILES string of the molecule is CN1CCC(N(C)C(=O)c2ccc3c(c2)nc(NCCc2ccccc2)n3C)CC1. The lowest BCUT2D eigenvalue weighted by molar-refractivity contribution is 0.0659. The first-order valence-electron chi connectivity index (χ1n) is 10.7. The van der Waals surface area contributed by atoms with E-state index in [-0.39, 0.29) is 5.91 Å². The fourth-order valence-electron chi connectivity index (χ4n) is 4.21. The molecule has 2 aromatic carbocycles. The fourth-order valence-corrected chi connectivity index (χ4v) is 4.21. The summed E-state index contributed by atoms with van der Waals surface area (Å²) in [6, 6.07) is 16.6. The van der Waals surface area contributed by atoms with Gasteiger partial charge in [0, 0.05) is 32.2 Å². The van der Waals surface area contributed by atoms with Crippen LogP contribution in [-0.2, 0) is 13.5 Å². The van der Waals surface area contributed by atoms with Gasteiger partial charge in [0.1, 0.15) is 0 Å². The van der Waals surface area contributed by atoms with Crippen LogP contribution >= 0.6 is 0 Å². The molecule has 1 saturated heterocycles. The second kappa shape index (κ2) is 8.88. The summed E-state index contributed by atoms with van der Waals surface area (Å²) in [5, 5.41) is 3.43. The maximum atomic E-state index is 13.1. The minimum Gasteiger partial charge on any atom is -0.355 e. The van der Waals surface area contributed by atoms with Crippen LogP contribution < -0.4 is 5.32 Å². The number of hydrogen-bond donors (Lipinski definition) is 1. The van der Waals surface area contributed by atoms with E-state index in [9.17, 15) is 4.79 Å². The minimum absolute atomic E-state index is 0.0793. The van der Waals surface area contributed by atoms with Crippen molar-refractivity contribution in [3.63, 3.8) is 0 Å². The zero-order chi connectivity index (χ0) is 21.1. The Morgan fingerprint density at radius 1 is 1.13 bits per heavy atom. The molecular weight excluding hydrogens is 374 g/mol. The summed E-state index contributed by atoms with van der Waals surface area (Å²) >= 11 is 0. The van der Waals surface area contributed by atoms with Crippen LogP contribution in [0.15, 0.2) is 48.5 Å². The average Bonchev–Trinajstić information content (AvgIpc) is 3.09. The van der Waals surface area contributed by atoms with Gasteiger partial charge in [-0.3, -0.25) is 4.79 Å². The molecule has 6 nitrogen and oxygen atoms in total. The van der Waals surface area contributed by atoms with Crippen molar-refractivity contribution >= 4 is 22.9 Å². The number of hydrogen-bond acceptors (Lipinski definition) is 4. The van der Waals surface area contributed by atoms with Crippen molar-refractivity contribution < 1.29 is 4.79 Å². The second-order valence-corrected chi connectivity index (χ2v) is 8.31. The molecule has 1 fully saturated rings. The van der Waals surface area contributed by atoms with Gasteiger partial charge in [-0.1, -0.05) is 30.3 Å². The summed E-state index contributed by atoms with van der Waals surface area (Å²) in [6.07, 6.45) is 3.00. The molecule has 1 amide bonds. The van der Waals surface area contributed by atoms with Gasteiger partial charge < -0.3 is 19.7 Å². The Hall–Kier alpha value is -2.86. The third-order valence-electron chi connectivity index (χ3n) is 6.22. The molecule has 0 aliphatic carbocycles. The van der Waals surface area contributed by atoms with Crippen LogP contribution in [0.5, 0.6) is 0 Å². The van der Waals surface area contributed by atoms with E-state index in [1.54, 1.807) is 0 Å². The highest BCUT2D eigenvalue weighted by molar-refractivity contribution is 5.97. The predicted octanol–water partition coefficient (Wildman–Crippen LogP) is 3.39. The van der Waals surface area contributed by atoms with Crippen LogP contribution in [0.1, 0.15) is 28.8 Å². The molecule has 3 aromatic rings. The summed E-state index contributed by atoms with van der Waals surface area (Å²) in [5.41, 5.74) is 3.88. The zero-order valence-corrected chi connectivity index (χ0v) is 18.1. The monoisotopic (exact) mass is 405 g/mol. The molecule has 0 bridgehead atoms. The highest BCUT2D eigenvalue weighted by Crippen LogP contribution is 2.22. The van der Waals surface area contributed by atoms with Gasteiger partial charge in [-0.25, -0.2) is 4.98 Å². The Kier molecular flexibility index (Phi) is 6.04. The normalized spacial score (nSPS) is 15.4. The molecule has 30 heavy (non-hydrogen) atoms. The number of amides is 1. The van der Waals surface area contributed by atoms with Crippen molar-refractivity contribution in [2.45, 2.75) is 25.3 Å². The van der Waals surface area contributed by atoms with E-state index < -0.39 is 0 Å². The molecule has 0 atom stereocenters. The van der Waals surface area contributed by atoms with Crippen LogP contribution in [0, 0.1) is 0 Å². The number of nitrogens with one attached hydrogen (secondary N) is 1. The maximum absolute atomic E-state index is 13.1. The van der Waals surface area contributed by atoms with E-state index in [2.05, 4.69) is 46.1 Å². The molecule has 4 rings (SSSR count). The number of carbonyl (C=O) groups is 1. The molecule has 0 radical (unpaired) electrons. The lowest BCUT2D eigenvalue weighted by Gasteiger charge is -2.35. The van der Waals surface area contributed by atoms with Gasteiger partial charge in [-0.15, -0.1) is 0 Å². The number of aryl methyl sites for hydroxylation is 1. The second-order valence-electron chi connectivity index (χ2n) is 8.31. The summed E-state index contributed by atoms with van der Waals surface area (Å²) in [6.45, 7) is 2.89. The Bertz CT molecular complexity index is 1010. The summed E-state index contributed by atoms with van der Waals surface area (Å²) < 4.78 is 2.05. The molecule has 1 aromatic heterocycles. The molecule has 158 valence electrons. The summed E-state index contributed by atoms with van der Waals surface area (Å²) in [5.74, 6) is 0.907. The summed E-state index contributed by atoms with van der Waals surface area (Å²) in [4.78, 5) is 22.0. The Balaban J connectivity index is 1.45.